The van der Waals surface area contributed by atoms with Crippen molar-refractivity contribution in [2.24, 2.45) is 0 Å². The number of aliphatic hydroxyl groups excluding tert-OH is 2. The molecule has 1 unspecified atom stereocenters. The van der Waals surface area contributed by atoms with E-state index < -0.39 is 6.10 Å². The van der Waals surface area contributed by atoms with Gasteiger partial charge >= 0.3 is 0 Å². The summed E-state index contributed by atoms with van der Waals surface area (Å²) >= 11 is 0. The van der Waals surface area contributed by atoms with Crippen LogP contribution in [0.5, 0.6) is 11.5 Å². The van der Waals surface area contributed by atoms with Crippen molar-refractivity contribution in [3.63, 3.8) is 0 Å². The molecule has 1 atom stereocenters. The predicted molar refractivity (Wildman–Crippen MR) is 109 cm³/mol. The van der Waals surface area contributed by atoms with Gasteiger partial charge in [-0.3, -0.25) is 0 Å². The van der Waals surface area contributed by atoms with Gasteiger partial charge in [0.25, 0.3) is 0 Å². The van der Waals surface area contributed by atoms with E-state index in [1.807, 2.05) is 32.0 Å². The van der Waals surface area contributed by atoms with Gasteiger partial charge in [-0.15, -0.1) is 0 Å². The first-order valence-electron chi connectivity index (χ1n) is 9.97. The van der Waals surface area contributed by atoms with Gasteiger partial charge in [-0.05, 0) is 44.9 Å². The van der Waals surface area contributed by atoms with Crippen LogP contribution in [0.1, 0.15) is 32.3 Å². The first kappa shape index (κ1) is 22.9. The van der Waals surface area contributed by atoms with Crippen LogP contribution in [0.4, 0.5) is 0 Å². The molecule has 2 rings (SSSR count). The van der Waals surface area contributed by atoms with Gasteiger partial charge in [0.15, 0.2) is 0 Å². The van der Waals surface area contributed by atoms with Gasteiger partial charge in [0.05, 0.1) is 18.8 Å². The van der Waals surface area contributed by atoms with Crippen molar-refractivity contribution >= 4 is 0 Å². The molecule has 0 spiro atoms. The maximum absolute atomic E-state index is 10.3. The molecule has 0 saturated carbocycles. The maximum atomic E-state index is 10.3. The minimum atomic E-state index is -0.578. The zero-order chi connectivity index (χ0) is 20.6. The highest BCUT2D eigenvalue weighted by atomic mass is 16.5. The standard InChI is InChI=1S/C21H36N2O5/c1-21(2,27-4)15-22-12-16-11-19(26-3)5-6-20(16)28-14-18(25)13-23-9-7-17(24)8-10-23/h5-6,11,17-18,22,24-25H,7-10,12-15H2,1-4H3. The van der Waals surface area contributed by atoms with Gasteiger partial charge < -0.3 is 34.6 Å². The largest absolute Gasteiger partial charge is 0.497 e. The molecule has 1 saturated heterocycles. The van der Waals surface area contributed by atoms with E-state index in [0.717, 1.165) is 43.0 Å². The van der Waals surface area contributed by atoms with Crippen molar-refractivity contribution < 1.29 is 24.4 Å². The summed E-state index contributed by atoms with van der Waals surface area (Å²) in [5.41, 5.74) is 0.720. The summed E-state index contributed by atoms with van der Waals surface area (Å²) < 4.78 is 16.7. The number of nitrogens with one attached hydrogen (secondary N) is 1. The Morgan fingerprint density at radius 1 is 1.25 bits per heavy atom. The number of rotatable bonds is 11. The van der Waals surface area contributed by atoms with Crippen LogP contribution in [-0.4, -0.2) is 79.9 Å². The normalized spacial score (nSPS) is 17.5. The molecule has 1 heterocycles. The van der Waals surface area contributed by atoms with Crippen LogP contribution in [0.3, 0.4) is 0 Å². The van der Waals surface area contributed by atoms with Crippen molar-refractivity contribution in [2.45, 2.75) is 51.0 Å². The summed E-state index contributed by atoms with van der Waals surface area (Å²) in [6.45, 7) is 7.76. The molecule has 0 bridgehead atoms. The number of methoxy groups -OCH3 is 2. The van der Waals surface area contributed by atoms with E-state index in [4.69, 9.17) is 14.2 Å². The molecular weight excluding hydrogens is 360 g/mol. The first-order chi connectivity index (χ1) is 13.3. The zero-order valence-corrected chi connectivity index (χ0v) is 17.6. The lowest BCUT2D eigenvalue weighted by molar-refractivity contribution is 0.0229. The van der Waals surface area contributed by atoms with E-state index in [1.54, 1.807) is 14.2 Å². The van der Waals surface area contributed by atoms with Gasteiger partial charge in [-0.2, -0.15) is 0 Å². The molecule has 1 aliphatic heterocycles. The molecular formula is C21H36N2O5. The van der Waals surface area contributed by atoms with Crippen molar-refractivity contribution in [3.8, 4) is 11.5 Å². The average molecular weight is 397 g/mol. The predicted octanol–water partition coefficient (Wildman–Crippen LogP) is 1.41. The van der Waals surface area contributed by atoms with E-state index in [2.05, 4.69) is 10.2 Å². The highest BCUT2D eigenvalue weighted by Gasteiger charge is 2.20. The van der Waals surface area contributed by atoms with Gasteiger partial charge in [-0.1, -0.05) is 0 Å². The number of benzene rings is 1. The van der Waals surface area contributed by atoms with Crippen molar-refractivity contribution in [1.29, 1.82) is 0 Å². The van der Waals surface area contributed by atoms with Crippen LogP contribution in [-0.2, 0) is 11.3 Å². The number of piperidine rings is 1. The zero-order valence-electron chi connectivity index (χ0n) is 17.6. The molecule has 1 aliphatic rings. The summed E-state index contributed by atoms with van der Waals surface area (Å²) in [6, 6.07) is 5.68. The third-order valence-corrected chi connectivity index (χ3v) is 5.14. The van der Waals surface area contributed by atoms with E-state index >= 15 is 0 Å². The quantitative estimate of drug-likeness (QED) is 0.522. The molecule has 0 aromatic heterocycles. The minimum absolute atomic E-state index is 0.206. The van der Waals surface area contributed by atoms with Crippen molar-refractivity contribution in [2.75, 3.05) is 47.0 Å². The number of likely N-dealkylation sites (tertiary alicyclic amines) is 1. The Balaban J connectivity index is 1.88. The Kier molecular flexibility index (Phi) is 8.98. The second kappa shape index (κ2) is 11.0. The summed E-state index contributed by atoms with van der Waals surface area (Å²) in [5.74, 6) is 1.50. The number of nitrogens with zero attached hydrogens (tertiary/aromatic N) is 1. The lowest BCUT2D eigenvalue weighted by atomic mass is 10.1. The Hall–Kier alpha value is -1.38. The van der Waals surface area contributed by atoms with Gasteiger partial charge in [0, 0.05) is 45.4 Å². The van der Waals surface area contributed by atoms with Crippen LogP contribution in [0.15, 0.2) is 18.2 Å². The van der Waals surface area contributed by atoms with Gasteiger partial charge in [-0.25, -0.2) is 0 Å². The third kappa shape index (κ3) is 7.56. The molecule has 3 N–H and O–H groups in total. The van der Waals surface area contributed by atoms with Crippen LogP contribution in [0.25, 0.3) is 0 Å². The first-order valence-corrected chi connectivity index (χ1v) is 9.97. The van der Waals surface area contributed by atoms with Gasteiger partial charge in [0.2, 0.25) is 0 Å². The van der Waals surface area contributed by atoms with Gasteiger partial charge in [0.1, 0.15) is 24.2 Å². The second-order valence-corrected chi connectivity index (χ2v) is 8.04. The topological polar surface area (TPSA) is 83.4 Å². The van der Waals surface area contributed by atoms with E-state index in [1.165, 1.54) is 0 Å². The van der Waals surface area contributed by atoms with Crippen molar-refractivity contribution in [3.05, 3.63) is 23.8 Å². The highest BCUT2D eigenvalue weighted by Crippen LogP contribution is 2.24. The van der Waals surface area contributed by atoms with E-state index in [-0.39, 0.29) is 18.3 Å². The molecule has 0 amide bonds. The summed E-state index contributed by atoms with van der Waals surface area (Å²) in [4.78, 5) is 2.17. The fourth-order valence-electron chi connectivity index (χ4n) is 3.17. The monoisotopic (exact) mass is 396 g/mol. The molecule has 7 heteroatoms. The fourth-order valence-corrected chi connectivity index (χ4v) is 3.17. The molecule has 0 aliphatic carbocycles. The smallest absolute Gasteiger partial charge is 0.124 e. The lowest BCUT2D eigenvalue weighted by Crippen LogP contribution is -2.41. The summed E-state index contributed by atoms with van der Waals surface area (Å²) in [6.07, 6.45) is 0.743. The number of ether oxygens (including phenoxy) is 3. The Morgan fingerprint density at radius 2 is 1.96 bits per heavy atom. The molecule has 1 aromatic rings. The van der Waals surface area contributed by atoms with Crippen molar-refractivity contribution in [1.82, 2.24) is 10.2 Å². The molecule has 160 valence electrons. The molecule has 7 nitrogen and oxygen atoms in total. The number of hydrogen-bond acceptors (Lipinski definition) is 7. The highest BCUT2D eigenvalue weighted by molar-refractivity contribution is 5.40. The van der Waals surface area contributed by atoms with E-state index in [0.29, 0.717) is 19.6 Å². The molecule has 0 radical (unpaired) electrons. The lowest BCUT2D eigenvalue weighted by Gasteiger charge is -2.31. The molecule has 1 fully saturated rings. The molecule has 1 aromatic carbocycles. The third-order valence-electron chi connectivity index (χ3n) is 5.14. The maximum Gasteiger partial charge on any atom is 0.124 e. The number of aliphatic hydroxyl groups is 2. The number of hydrogen-bond donors (Lipinski definition) is 3. The SMILES string of the molecule is COc1ccc(OCC(O)CN2CCC(O)CC2)c(CNCC(C)(C)OC)c1. The number of β-amino-alcohol motifs (C(OH)–C–C–N with tert-alkyl or cyclic N) is 1. The van der Waals surface area contributed by atoms with Crippen LogP contribution < -0.4 is 14.8 Å². The van der Waals surface area contributed by atoms with E-state index in [9.17, 15) is 10.2 Å². The second-order valence-electron chi connectivity index (χ2n) is 8.04. The Bertz CT molecular complexity index is 588. The van der Waals surface area contributed by atoms with Crippen LogP contribution in [0, 0.1) is 0 Å². The fraction of sp³-hybridized carbons (Fsp3) is 0.714. The summed E-state index contributed by atoms with van der Waals surface area (Å²) in [7, 11) is 3.34. The average Bonchev–Trinajstić information content (AvgIpc) is 2.68. The summed E-state index contributed by atoms with van der Waals surface area (Å²) in [5, 5.41) is 23.3. The van der Waals surface area contributed by atoms with Crippen LogP contribution >= 0.6 is 0 Å². The minimum Gasteiger partial charge on any atom is -0.497 e. The molecule has 28 heavy (non-hydrogen) atoms. The Labute approximate surface area is 168 Å². The Morgan fingerprint density at radius 3 is 2.61 bits per heavy atom. The van der Waals surface area contributed by atoms with Crippen LogP contribution in [0.2, 0.25) is 0 Å².